The molecule has 1 heterocycles. The molecule has 2 N–H and O–H groups in total. The number of rotatable bonds is 2. The number of fused-ring (bicyclic) bond motifs is 1. The van der Waals surface area contributed by atoms with Gasteiger partial charge in [0.15, 0.2) is 0 Å². The zero-order chi connectivity index (χ0) is 12.3. The number of carbonyl (C=O) groups excluding carboxylic acids is 1. The van der Waals surface area contributed by atoms with Crippen molar-refractivity contribution < 1.29 is 4.79 Å². The molecular weight excluding hydrogens is 258 g/mol. The van der Waals surface area contributed by atoms with Gasteiger partial charge in [0.2, 0.25) is 0 Å². The number of thiocarbonyl (C=S) groups is 1. The average molecular weight is 266 g/mol. The Morgan fingerprint density at radius 2 is 2.18 bits per heavy atom. The lowest BCUT2D eigenvalue weighted by atomic mass is 10.3. The third-order valence-electron chi connectivity index (χ3n) is 2.02. The van der Waals surface area contributed by atoms with Crippen LogP contribution in [0, 0.1) is 0 Å². The highest BCUT2D eigenvalue weighted by molar-refractivity contribution is 8.00. The highest BCUT2D eigenvalue weighted by Crippen LogP contribution is 2.08. The normalized spacial score (nSPS) is 10.1. The number of hydrogen-bond acceptors (Lipinski definition) is 5. The third kappa shape index (κ3) is 2.86. The summed E-state index contributed by atoms with van der Waals surface area (Å²) in [5.74, 6) is -0.298. The van der Waals surface area contributed by atoms with Gasteiger partial charge >= 0.3 is 0 Å². The van der Waals surface area contributed by atoms with Crippen LogP contribution in [0.25, 0.3) is 11.0 Å². The number of hydrazine groups is 1. The molecule has 0 aliphatic heterocycles. The van der Waals surface area contributed by atoms with Crippen molar-refractivity contribution in [2.45, 2.75) is 6.54 Å². The minimum atomic E-state index is -0.298. The fourth-order valence-electron chi connectivity index (χ4n) is 1.33. The lowest BCUT2D eigenvalue weighted by Crippen LogP contribution is -2.41. The Morgan fingerprint density at radius 1 is 1.41 bits per heavy atom. The lowest BCUT2D eigenvalue weighted by molar-refractivity contribution is -0.122. The molecule has 2 rings (SSSR count). The molecule has 2 aromatic rings. The first-order chi connectivity index (χ1) is 8.16. The number of amides is 1. The molecule has 0 unspecified atom stereocenters. The molecule has 17 heavy (non-hydrogen) atoms. The molecule has 0 saturated carbocycles. The lowest BCUT2D eigenvalue weighted by Gasteiger charge is -2.10. The van der Waals surface area contributed by atoms with Gasteiger partial charge in [-0.1, -0.05) is 17.3 Å². The van der Waals surface area contributed by atoms with Crippen molar-refractivity contribution in [3.8, 4) is 0 Å². The van der Waals surface area contributed by atoms with Crippen LogP contribution in [0.15, 0.2) is 24.3 Å². The molecule has 0 saturated heterocycles. The molecule has 6 nitrogen and oxygen atoms in total. The summed E-state index contributed by atoms with van der Waals surface area (Å²) in [5.41, 5.74) is 6.29. The van der Waals surface area contributed by atoms with E-state index in [1.807, 2.05) is 24.3 Å². The number of nitrogens with zero attached hydrogens (tertiary/aromatic N) is 3. The predicted molar refractivity (Wildman–Crippen MR) is 68.8 cm³/mol. The van der Waals surface area contributed by atoms with Crippen LogP contribution in [0.5, 0.6) is 0 Å². The van der Waals surface area contributed by atoms with Crippen LogP contribution in [0.2, 0.25) is 0 Å². The number of nitrogens with one attached hydrogen (secondary N) is 2. The van der Waals surface area contributed by atoms with E-state index in [-0.39, 0.29) is 16.8 Å². The Labute approximate surface area is 108 Å². The van der Waals surface area contributed by atoms with E-state index < -0.39 is 0 Å². The summed E-state index contributed by atoms with van der Waals surface area (Å²) in [6.07, 6.45) is 0. The zero-order valence-corrected chi connectivity index (χ0v) is 10.2. The maximum atomic E-state index is 11.5. The van der Waals surface area contributed by atoms with Gasteiger partial charge in [0.1, 0.15) is 12.1 Å². The summed E-state index contributed by atoms with van der Waals surface area (Å²) < 4.78 is 1.58. The van der Waals surface area contributed by atoms with Crippen molar-refractivity contribution in [2.75, 3.05) is 0 Å². The van der Waals surface area contributed by atoms with Crippen molar-refractivity contribution in [3.63, 3.8) is 0 Å². The van der Waals surface area contributed by atoms with E-state index in [9.17, 15) is 4.79 Å². The van der Waals surface area contributed by atoms with Gasteiger partial charge in [-0.2, -0.15) is 0 Å². The second kappa shape index (κ2) is 5.02. The maximum absolute atomic E-state index is 11.5. The van der Waals surface area contributed by atoms with E-state index in [1.54, 1.807) is 0 Å². The largest absolute Gasteiger partial charge is 0.410 e. The van der Waals surface area contributed by atoms with E-state index in [0.717, 1.165) is 11.0 Å². The molecule has 0 aliphatic rings. The number of benzene rings is 1. The van der Waals surface area contributed by atoms with Crippen molar-refractivity contribution in [1.29, 1.82) is 0 Å². The van der Waals surface area contributed by atoms with Crippen LogP contribution in [0.4, 0.5) is 0 Å². The van der Waals surface area contributed by atoms with E-state index in [0.29, 0.717) is 0 Å². The van der Waals surface area contributed by atoms with Crippen molar-refractivity contribution in [3.05, 3.63) is 24.3 Å². The molecule has 8 heteroatoms. The van der Waals surface area contributed by atoms with E-state index >= 15 is 0 Å². The Morgan fingerprint density at radius 3 is 2.94 bits per heavy atom. The number of aromatic nitrogens is 3. The molecule has 0 spiro atoms. The first-order valence-corrected chi connectivity index (χ1v) is 5.52. The standard InChI is InChI=1S/C9H9N5OS2/c15-8(11-12-9(16)17)5-14-7-4-2-1-3-6(7)10-13-14/h1-4H,5H2,(H,11,15)(H2,12,16,17)/p-1. The number of para-hydroxylation sites is 1. The van der Waals surface area contributed by atoms with Crippen LogP contribution in [0.3, 0.4) is 0 Å². The first kappa shape index (κ1) is 11.7. The fraction of sp³-hybridized carbons (Fsp3) is 0.111. The van der Waals surface area contributed by atoms with Gasteiger partial charge in [-0.15, -0.1) is 5.10 Å². The van der Waals surface area contributed by atoms with E-state index in [2.05, 4.69) is 46.0 Å². The van der Waals surface area contributed by atoms with Crippen LogP contribution in [-0.2, 0) is 24.0 Å². The number of hydrogen-bond donors (Lipinski definition) is 2. The van der Waals surface area contributed by atoms with Crippen LogP contribution < -0.4 is 10.9 Å². The smallest absolute Gasteiger partial charge is 0.260 e. The molecule has 0 bridgehead atoms. The van der Waals surface area contributed by atoms with Crippen molar-refractivity contribution >= 4 is 46.1 Å². The predicted octanol–water partition coefficient (Wildman–Crippen LogP) is -0.116. The van der Waals surface area contributed by atoms with Gasteiger partial charge < -0.3 is 30.3 Å². The third-order valence-corrected chi connectivity index (χ3v) is 2.22. The monoisotopic (exact) mass is 266 g/mol. The summed E-state index contributed by atoms with van der Waals surface area (Å²) in [4.78, 5) is 11.5. The fourth-order valence-corrected chi connectivity index (χ4v) is 1.43. The Balaban J connectivity index is 2.08. The number of carbonyl (C=O) groups is 1. The van der Waals surface area contributed by atoms with Gasteiger partial charge in [-0.05, 0) is 16.5 Å². The van der Waals surface area contributed by atoms with E-state index in [1.165, 1.54) is 4.68 Å². The second-order valence-electron chi connectivity index (χ2n) is 3.20. The average Bonchev–Trinajstić information content (AvgIpc) is 2.70. The molecule has 0 fully saturated rings. The van der Waals surface area contributed by atoms with Crippen LogP contribution in [-0.4, -0.2) is 25.2 Å². The quantitative estimate of drug-likeness (QED) is 0.449. The molecule has 1 aromatic heterocycles. The highest BCUT2D eigenvalue weighted by Gasteiger charge is 2.07. The summed E-state index contributed by atoms with van der Waals surface area (Å²) >= 11 is 9.19. The minimum Gasteiger partial charge on any atom is -0.410 e. The molecule has 0 aliphatic carbocycles. The SMILES string of the molecule is O=C(Cn1nnc2ccccc21)NNC(=S)[S-]. The summed E-state index contributed by atoms with van der Waals surface area (Å²) in [5, 5.41) is 7.81. The molecule has 1 aromatic carbocycles. The minimum absolute atomic E-state index is 0.0471. The summed E-state index contributed by atoms with van der Waals surface area (Å²) in [6, 6.07) is 7.39. The Bertz CT molecular complexity index is 567. The van der Waals surface area contributed by atoms with Gasteiger partial charge in [0.05, 0.1) is 5.52 Å². The summed E-state index contributed by atoms with van der Waals surface area (Å²) in [6.45, 7) is 0.0471. The Kier molecular flexibility index (Phi) is 3.45. The van der Waals surface area contributed by atoms with Crippen molar-refractivity contribution in [1.82, 2.24) is 25.8 Å². The van der Waals surface area contributed by atoms with Crippen molar-refractivity contribution in [2.24, 2.45) is 0 Å². The Hall–Kier alpha value is -1.80. The maximum Gasteiger partial charge on any atom is 0.260 e. The summed E-state index contributed by atoms with van der Waals surface area (Å²) in [7, 11) is 0. The van der Waals surface area contributed by atoms with Gasteiger partial charge in [0, 0.05) is 0 Å². The van der Waals surface area contributed by atoms with Crippen LogP contribution >= 0.6 is 12.2 Å². The second-order valence-corrected chi connectivity index (χ2v) is 4.27. The molecule has 88 valence electrons. The van der Waals surface area contributed by atoms with E-state index in [4.69, 9.17) is 0 Å². The molecule has 0 radical (unpaired) electrons. The molecular formula is C9H8N5OS2-. The van der Waals surface area contributed by atoms with Gasteiger partial charge in [-0.3, -0.25) is 10.2 Å². The van der Waals surface area contributed by atoms with Crippen LogP contribution in [0.1, 0.15) is 0 Å². The van der Waals surface area contributed by atoms with Gasteiger partial charge in [-0.25, -0.2) is 4.68 Å². The topological polar surface area (TPSA) is 71.8 Å². The highest BCUT2D eigenvalue weighted by atomic mass is 32.1. The van der Waals surface area contributed by atoms with Gasteiger partial charge in [0.25, 0.3) is 5.91 Å². The zero-order valence-electron chi connectivity index (χ0n) is 8.58. The molecule has 1 amide bonds. The molecule has 0 atom stereocenters. The first-order valence-electron chi connectivity index (χ1n) is 4.71.